The van der Waals surface area contributed by atoms with E-state index in [4.69, 9.17) is 0 Å². The third-order valence-electron chi connectivity index (χ3n) is 5.45. The molecule has 0 aromatic heterocycles. The fourth-order valence-corrected chi connectivity index (χ4v) is 4.27. The van der Waals surface area contributed by atoms with Gasteiger partial charge in [-0.2, -0.15) is 0 Å². The van der Waals surface area contributed by atoms with Crippen LogP contribution in [0.1, 0.15) is 40.5 Å². The van der Waals surface area contributed by atoms with E-state index in [1.165, 1.54) is 0 Å². The van der Waals surface area contributed by atoms with Gasteiger partial charge in [0.25, 0.3) is 0 Å². The van der Waals surface area contributed by atoms with Gasteiger partial charge in [-0.25, -0.2) is 0 Å². The molecule has 1 aliphatic heterocycles. The quantitative estimate of drug-likeness (QED) is 0.340. The molecule has 9 heteroatoms. The van der Waals surface area contributed by atoms with E-state index < -0.39 is 0 Å². The van der Waals surface area contributed by atoms with E-state index >= 15 is 0 Å². The largest absolute Gasteiger partial charge is 3.00 e. The van der Waals surface area contributed by atoms with Crippen LogP contribution in [0.3, 0.4) is 0 Å². The van der Waals surface area contributed by atoms with Crippen LogP contribution in [0.25, 0.3) is 0 Å². The van der Waals surface area contributed by atoms with Gasteiger partial charge < -0.3 is 20.4 Å². The van der Waals surface area contributed by atoms with Gasteiger partial charge in [0.2, 0.25) is 0 Å². The molecule has 4 atom stereocenters. The summed E-state index contributed by atoms with van der Waals surface area (Å²) in [6.45, 7) is 17.0. The number of aliphatic hydroxyl groups excluding tert-OH is 4. The zero-order valence-electron chi connectivity index (χ0n) is 20.1. The third-order valence-corrected chi connectivity index (χ3v) is 5.45. The van der Waals surface area contributed by atoms with Gasteiger partial charge in [0.05, 0.1) is 24.4 Å². The molecule has 185 valence electrons. The molecule has 0 amide bonds. The zero-order chi connectivity index (χ0) is 22.5. The number of hydrogen-bond donors (Lipinski definition) is 4. The first-order valence-corrected chi connectivity index (χ1v) is 11.8. The van der Waals surface area contributed by atoms with E-state index in [1.54, 1.807) is 0 Å². The van der Waals surface area contributed by atoms with E-state index in [-0.39, 0.29) is 41.5 Å². The van der Waals surface area contributed by atoms with E-state index in [0.29, 0.717) is 26.2 Å². The van der Waals surface area contributed by atoms with Gasteiger partial charge in [0, 0.05) is 52.4 Å². The minimum absolute atomic E-state index is 0. The minimum Gasteiger partial charge on any atom is -0.392 e. The first-order valence-electron chi connectivity index (χ1n) is 11.8. The van der Waals surface area contributed by atoms with Crippen molar-refractivity contribution in [3.05, 3.63) is 0 Å². The molecule has 1 saturated heterocycles. The minimum atomic E-state index is -0.364. The first kappa shape index (κ1) is 31.2. The van der Waals surface area contributed by atoms with Crippen LogP contribution in [-0.4, -0.2) is 143 Å². The second kappa shape index (κ2) is 17.6. The van der Waals surface area contributed by atoms with Gasteiger partial charge >= 0.3 is 17.1 Å². The zero-order valence-corrected chi connectivity index (χ0v) is 21.2. The molecule has 0 unspecified atom stereocenters. The molecule has 1 fully saturated rings. The van der Waals surface area contributed by atoms with Gasteiger partial charge in [0.15, 0.2) is 0 Å². The SMILES string of the molecule is C[C@H](O)CN1CCCN(C[C@H](C)O)CCN(C[C@H](C)O)CCCN(C[C@H](C)O)CC1.[Fe+3]. The standard InChI is InChI=1S/C22H48N4O4.Fe/c1-19(27)15-23-7-5-8-25(17-21(3)29)13-14-26(18-22(4)30)10-6-9-24(12-11-23)16-20(2)28;/h19-22,27-30H,5-18H2,1-4H3;/q;+3/t19-,20-,21-,22-;/m0./s1. The molecule has 1 aliphatic rings. The first-order chi connectivity index (χ1) is 14.2. The van der Waals surface area contributed by atoms with Crippen LogP contribution in [0.4, 0.5) is 0 Å². The molecule has 0 aromatic carbocycles. The van der Waals surface area contributed by atoms with Crippen LogP contribution in [0.2, 0.25) is 0 Å². The molecule has 1 radical (unpaired) electrons. The number of rotatable bonds is 8. The van der Waals surface area contributed by atoms with Gasteiger partial charge in [-0.15, -0.1) is 0 Å². The molecular weight excluding hydrogens is 440 g/mol. The summed E-state index contributed by atoms with van der Waals surface area (Å²) in [6, 6.07) is 0. The molecule has 1 rings (SSSR count). The Morgan fingerprint density at radius 3 is 0.806 bits per heavy atom. The number of hydrogen-bond acceptors (Lipinski definition) is 8. The summed E-state index contributed by atoms with van der Waals surface area (Å²) in [4.78, 5) is 9.25. The predicted octanol–water partition coefficient (Wildman–Crippen LogP) is -0.491. The molecule has 0 saturated carbocycles. The number of β-amino-alcohol motifs (C(OH)–C–C–N with tert-alkyl or cyclic N) is 4. The Kier molecular flexibility index (Phi) is 17.8. The van der Waals surface area contributed by atoms with Crippen molar-refractivity contribution in [3.8, 4) is 0 Å². The molecule has 0 spiro atoms. The molecule has 0 bridgehead atoms. The normalized spacial score (nSPS) is 24.0. The second-order valence-corrected chi connectivity index (χ2v) is 9.31. The monoisotopic (exact) mass is 488 g/mol. The fraction of sp³-hybridized carbons (Fsp3) is 1.00. The molecular formula is C22H48FeN4O4+3. The summed E-state index contributed by atoms with van der Waals surface area (Å²) in [5.74, 6) is 0. The third kappa shape index (κ3) is 16.5. The van der Waals surface area contributed by atoms with Gasteiger partial charge in [-0.1, -0.05) is 0 Å². The number of nitrogens with zero attached hydrogens (tertiary/aromatic N) is 4. The molecule has 31 heavy (non-hydrogen) atoms. The Balaban J connectivity index is 0.00000900. The van der Waals surface area contributed by atoms with Gasteiger partial charge in [-0.3, -0.25) is 19.6 Å². The summed E-state index contributed by atoms with van der Waals surface area (Å²) in [5, 5.41) is 39.6. The Hall–Kier alpha value is 0.199. The summed E-state index contributed by atoms with van der Waals surface area (Å²) < 4.78 is 0. The van der Waals surface area contributed by atoms with E-state index in [1.807, 2.05) is 27.7 Å². The van der Waals surface area contributed by atoms with Gasteiger partial charge in [-0.05, 0) is 66.7 Å². The maximum Gasteiger partial charge on any atom is 3.00 e. The van der Waals surface area contributed by atoms with Crippen LogP contribution in [-0.2, 0) is 17.1 Å². The van der Waals surface area contributed by atoms with Crippen molar-refractivity contribution < 1.29 is 37.5 Å². The van der Waals surface area contributed by atoms with Crippen molar-refractivity contribution in [3.63, 3.8) is 0 Å². The maximum absolute atomic E-state index is 9.89. The van der Waals surface area contributed by atoms with Crippen molar-refractivity contribution in [1.82, 2.24) is 19.6 Å². The topological polar surface area (TPSA) is 93.9 Å². The van der Waals surface area contributed by atoms with Crippen LogP contribution < -0.4 is 0 Å². The smallest absolute Gasteiger partial charge is 0.392 e. The van der Waals surface area contributed by atoms with Crippen LogP contribution >= 0.6 is 0 Å². The van der Waals surface area contributed by atoms with Crippen molar-refractivity contribution in [2.24, 2.45) is 0 Å². The predicted molar refractivity (Wildman–Crippen MR) is 122 cm³/mol. The Morgan fingerprint density at radius 2 is 0.645 bits per heavy atom. The number of aliphatic hydroxyl groups is 4. The molecule has 0 aromatic rings. The average Bonchev–Trinajstić information content (AvgIpc) is 2.60. The van der Waals surface area contributed by atoms with Crippen molar-refractivity contribution in [2.45, 2.75) is 65.0 Å². The van der Waals surface area contributed by atoms with Crippen molar-refractivity contribution >= 4 is 0 Å². The summed E-state index contributed by atoms with van der Waals surface area (Å²) >= 11 is 0. The maximum atomic E-state index is 9.89. The van der Waals surface area contributed by atoms with Crippen LogP contribution in [0.15, 0.2) is 0 Å². The van der Waals surface area contributed by atoms with Crippen molar-refractivity contribution in [1.29, 1.82) is 0 Å². The van der Waals surface area contributed by atoms with E-state index in [9.17, 15) is 20.4 Å². The van der Waals surface area contributed by atoms with E-state index in [0.717, 1.165) is 65.2 Å². The Morgan fingerprint density at radius 1 is 0.452 bits per heavy atom. The summed E-state index contributed by atoms with van der Waals surface area (Å²) in [6.07, 6.45) is 0.500. The molecule has 4 N–H and O–H groups in total. The van der Waals surface area contributed by atoms with E-state index in [2.05, 4.69) is 19.6 Å². The molecule has 1 heterocycles. The molecule has 0 aliphatic carbocycles. The summed E-state index contributed by atoms with van der Waals surface area (Å²) in [7, 11) is 0. The average molecular weight is 488 g/mol. The van der Waals surface area contributed by atoms with Crippen LogP contribution in [0, 0.1) is 0 Å². The molecule has 8 nitrogen and oxygen atoms in total. The van der Waals surface area contributed by atoms with Crippen LogP contribution in [0.5, 0.6) is 0 Å². The van der Waals surface area contributed by atoms with Gasteiger partial charge in [0.1, 0.15) is 0 Å². The van der Waals surface area contributed by atoms with Crippen molar-refractivity contribution in [2.75, 3.05) is 78.5 Å². The Bertz CT molecular complexity index is 356. The fourth-order valence-electron chi connectivity index (χ4n) is 4.27. The second-order valence-electron chi connectivity index (χ2n) is 9.31. The summed E-state index contributed by atoms with van der Waals surface area (Å²) in [5.41, 5.74) is 0. The Labute approximate surface area is 200 Å².